The molecule has 3 nitrogen and oxygen atoms in total. The van der Waals surface area contributed by atoms with Crippen molar-refractivity contribution >= 4 is 5.78 Å². The molecule has 0 radical (unpaired) electrons. The molecule has 0 N–H and O–H groups in total. The molecular formula is C19H21NO2. The Bertz CT molecular complexity index is 643. The second kappa shape index (κ2) is 6.86. The summed E-state index contributed by atoms with van der Waals surface area (Å²) in [6.07, 6.45) is 0. The second-order valence-electron chi connectivity index (χ2n) is 5.72. The number of benzene rings is 2. The molecule has 1 saturated heterocycles. The first-order valence-corrected chi connectivity index (χ1v) is 7.73. The highest BCUT2D eigenvalue weighted by molar-refractivity contribution is 5.94. The van der Waals surface area contributed by atoms with Gasteiger partial charge in [-0.15, -0.1) is 0 Å². The van der Waals surface area contributed by atoms with Gasteiger partial charge in [0.05, 0.1) is 13.2 Å². The van der Waals surface area contributed by atoms with E-state index in [1.807, 2.05) is 24.3 Å². The number of Topliss-reactive ketones (excluding diaryl/α,β-unsaturated/α-hetero) is 1. The fourth-order valence-electron chi connectivity index (χ4n) is 2.76. The van der Waals surface area contributed by atoms with Crippen molar-refractivity contribution in [3.63, 3.8) is 0 Å². The fourth-order valence-corrected chi connectivity index (χ4v) is 2.76. The zero-order chi connectivity index (χ0) is 15.4. The van der Waals surface area contributed by atoms with Gasteiger partial charge in [0, 0.05) is 25.2 Å². The molecule has 1 heterocycles. The number of ether oxygens (including phenoxy) is 1. The first kappa shape index (κ1) is 14.9. The van der Waals surface area contributed by atoms with Crippen LogP contribution in [0.15, 0.2) is 48.5 Å². The number of rotatable bonds is 4. The maximum atomic E-state index is 11.4. The van der Waals surface area contributed by atoms with Crippen LogP contribution in [0.5, 0.6) is 0 Å². The summed E-state index contributed by atoms with van der Waals surface area (Å²) in [6.45, 7) is 6.20. The Hall–Kier alpha value is -1.97. The van der Waals surface area contributed by atoms with Crippen LogP contribution in [-0.2, 0) is 11.3 Å². The predicted octanol–water partition coefficient (Wildman–Crippen LogP) is 3.39. The molecule has 0 bridgehead atoms. The molecule has 1 fully saturated rings. The number of carbonyl (C=O) groups is 1. The van der Waals surface area contributed by atoms with Crippen molar-refractivity contribution in [1.82, 2.24) is 4.90 Å². The van der Waals surface area contributed by atoms with E-state index in [0.29, 0.717) is 0 Å². The highest BCUT2D eigenvalue weighted by Gasteiger charge is 2.11. The average Bonchev–Trinajstić information content (AvgIpc) is 2.56. The Morgan fingerprint density at radius 1 is 1.05 bits per heavy atom. The summed E-state index contributed by atoms with van der Waals surface area (Å²) in [5.74, 6) is 0.104. The fraction of sp³-hybridized carbons (Fsp3) is 0.316. The Morgan fingerprint density at radius 2 is 1.77 bits per heavy atom. The van der Waals surface area contributed by atoms with Gasteiger partial charge in [0.2, 0.25) is 0 Å². The molecule has 0 saturated carbocycles. The third kappa shape index (κ3) is 3.62. The van der Waals surface area contributed by atoms with Gasteiger partial charge >= 0.3 is 0 Å². The number of morpholine rings is 1. The topological polar surface area (TPSA) is 29.5 Å². The lowest BCUT2D eigenvalue weighted by atomic mass is 10.0. The first-order valence-electron chi connectivity index (χ1n) is 7.73. The van der Waals surface area contributed by atoms with E-state index in [1.165, 1.54) is 11.1 Å². The molecule has 0 aliphatic carbocycles. The summed E-state index contributed by atoms with van der Waals surface area (Å²) >= 11 is 0. The molecule has 0 aromatic heterocycles. The van der Waals surface area contributed by atoms with Gasteiger partial charge in [-0.05, 0) is 29.7 Å². The van der Waals surface area contributed by atoms with Gasteiger partial charge in [0.15, 0.2) is 5.78 Å². The largest absolute Gasteiger partial charge is 0.379 e. The molecule has 1 aliphatic heterocycles. The normalized spacial score (nSPS) is 15.7. The van der Waals surface area contributed by atoms with Gasteiger partial charge in [-0.25, -0.2) is 0 Å². The minimum Gasteiger partial charge on any atom is -0.379 e. The van der Waals surface area contributed by atoms with Crippen LogP contribution in [0.4, 0.5) is 0 Å². The molecule has 3 rings (SSSR count). The summed E-state index contributed by atoms with van der Waals surface area (Å²) in [5.41, 5.74) is 4.41. The summed E-state index contributed by atoms with van der Waals surface area (Å²) in [4.78, 5) is 13.8. The highest BCUT2D eigenvalue weighted by atomic mass is 16.5. The SMILES string of the molecule is CC(=O)c1ccc(-c2cccc(CN3CCOCC3)c2)cc1. The average molecular weight is 295 g/mol. The van der Waals surface area contributed by atoms with Gasteiger partial charge in [0.25, 0.3) is 0 Å². The molecule has 114 valence electrons. The zero-order valence-corrected chi connectivity index (χ0v) is 12.9. The summed E-state index contributed by atoms with van der Waals surface area (Å²) in [5, 5.41) is 0. The Labute approximate surface area is 131 Å². The molecule has 3 heteroatoms. The van der Waals surface area contributed by atoms with Crippen molar-refractivity contribution in [1.29, 1.82) is 0 Å². The van der Waals surface area contributed by atoms with Crippen LogP contribution in [0.3, 0.4) is 0 Å². The predicted molar refractivity (Wildman–Crippen MR) is 88.0 cm³/mol. The monoisotopic (exact) mass is 295 g/mol. The molecule has 1 aliphatic rings. The van der Waals surface area contributed by atoms with E-state index >= 15 is 0 Å². The van der Waals surface area contributed by atoms with E-state index in [2.05, 4.69) is 29.2 Å². The van der Waals surface area contributed by atoms with Crippen molar-refractivity contribution in [2.75, 3.05) is 26.3 Å². The first-order chi connectivity index (χ1) is 10.7. The lowest BCUT2D eigenvalue weighted by molar-refractivity contribution is 0.0342. The number of hydrogen-bond acceptors (Lipinski definition) is 3. The van der Waals surface area contributed by atoms with Crippen molar-refractivity contribution in [3.05, 3.63) is 59.7 Å². The molecule has 2 aromatic carbocycles. The van der Waals surface area contributed by atoms with Crippen molar-refractivity contribution in [3.8, 4) is 11.1 Å². The van der Waals surface area contributed by atoms with Crippen LogP contribution in [0, 0.1) is 0 Å². The van der Waals surface area contributed by atoms with Crippen LogP contribution in [-0.4, -0.2) is 37.0 Å². The number of hydrogen-bond donors (Lipinski definition) is 0. The molecule has 2 aromatic rings. The van der Waals surface area contributed by atoms with Crippen molar-refractivity contribution in [2.45, 2.75) is 13.5 Å². The minimum absolute atomic E-state index is 0.104. The minimum atomic E-state index is 0.104. The number of carbonyl (C=O) groups excluding carboxylic acids is 1. The Morgan fingerprint density at radius 3 is 2.45 bits per heavy atom. The van der Waals surface area contributed by atoms with Crippen molar-refractivity contribution in [2.24, 2.45) is 0 Å². The Balaban J connectivity index is 1.76. The maximum Gasteiger partial charge on any atom is 0.159 e. The molecule has 0 atom stereocenters. The molecule has 0 spiro atoms. The zero-order valence-electron chi connectivity index (χ0n) is 12.9. The maximum absolute atomic E-state index is 11.4. The lowest BCUT2D eigenvalue weighted by Gasteiger charge is -2.26. The quantitative estimate of drug-likeness (QED) is 0.810. The Kier molecular flexibility index (Phi) is 4.66. The standard InChI is InChI=1S/C19H21NO2/c1-15(21)17-5-7-18(8-6-17)19-4-2-3-16(13-19)14-20-9-11-22-12-10-20/h2-8,13H,9-12,14H2,1H3. The van der Waals surface area contributed by atoms with Gasteiger partial charge in [0.1, 0.15) is 0 Å². The van der Waals surface area contributed by atoms with Crippen LogP contribution >= 0.6 is 0 Å². The van der Waals surface area contributed by atoms with Gasteiger partial charge in [-0.2, -0.15) is 0 Å². The van der Waals surface area contributed by atoms with Gasteiger partial charge in [-0.3, -0.25) is 9.69 Å². The van der Waals surface area contributed by atoms with Gasteiger partial charge < -0.3 is 4.74 Å². The molecule has 0 amide bonds. The molecular weight excluding hydrogens is 274 g/mol. The summed E-state index contributed by atoms with van der Waals surface area (Å²) < 4.78 is 5.39. The second-order valence-corrected chi connectivity index (χ2v) is 5.72. The summed E-state index contributed by atoms with van der Waals surface area (Å²) in [7, 11) is 0. The smallest absolute Gasteiger partial charge is 0.159 e. The summed E-state index contributed by atoms with van der Waals surface area (Å²) in [6, 6.07) is 16.4. The molecule has 22 heavy (non-hydrogen) atoms. The molecule has 0 unspecified atom stereocenters. The van der Waals surface area contributed by atoms with E-state index in [9.17, 15) is 4.79 Å². The van der Waals surface area contributed by atoms with E-state index in [4.69, 9.17) is 4.74 Å². The van der Waals surface area contributed by atoms with E-state index in [0.717, 1.165) is 44.0 Å². The third-order valence-corrected chi connectivity index (χ3v) is 4.06. The highest BCUT2D eigenvalue weighted by Crippen LogP contribution is 2.22. The van der Waals surface area contributed by atoms with E-state index in [1.54, 1.807) is 6.92 Å². The van der Waals surface area contributed by atoms with Crippen LogP contribution < -0.4 is 0 Å². The van der Waals surface area contributed by atoms with E-state index in [-0.39, 0.29) is 5.78 Å². The van der Waals surface area contributed by atoms with Crippen LogP contribution in [0.1, 0.15) is 22.8 Å². The van der Waals surface area contributed by atoms with Crippen molar-refractivity contribution < 1.29 is 9.53 Å². The third-order valence-electron chi connectivity index (χ3n) is 4.06. The van der Waals surface area contributed by atoms with Crippen LogP contribution in [0.2, 0.25) is 0 Å². The number of ketones is 1. The van der Waals surface area contributed by atoms with Gasteiger partial charge in [-0.1, -0.05) is 42.5 Å². The van der Waals surface area contributed by atoms with Crippen LogP contribution in [0.25, 0.3) is 11.1 Å². The van der Waals surface area contributed by atoms with E-state index < -0.39 is 0 Å². The lowest BCUT2D eigenvalue weighted by Crippen LogP contribution is -2.35. The number of nitrogens with zero attached hydrogens (tertiary/aromatic N) is 1.